The van der Waals surface area contributed by atoms with E-state index in [9.17, 15) is 9.59 Å². The molecule has 10 heteroatoms. The van der Waals surface area contributed by atoms with Crippen molar-refractivity contribution >= 4 is 39.3 Å². The van der Waals surface area contributed by atoms with E-state index in [4.69, 9.17) is 30.4 Å². The van der Waals surface area contributed by atoms with Crippen molar-refractivity contribution < 1.29 is 23.7 Å². The minimum atomic E-state index is -0.791. The lowest BCUT2D eigenvalue weighted by atomic mass is 9.93. The number of nitrogens with zero attached hydrogens (tertiary/aromatic N) is 2. The van der Waals surface area contributed by atoms with E-state index in [0.29, 0.717) is 49.8 Å². The van der Waals surface area contributed by atoms with Crippen LogP contribution in [0.1, 0.15) is 43.9 Å². The van der Waals surface area contributed by atoms with Crippen LogP contribution in [-0.2, 0) is 9.53 Å². The number of ether oxygens (including phenoxy) is 4. The van der Waals surface area contributed by atoms with Gasteiger partial charge in [-0.25, -0.2) is 9.79 Å². The van der Waals surface area contributed by atoms with E-state index in [1.807, 2.05) is 25.1 Å². The molecule has 3 aromatic rings. The maximum Gasteiger partial charge on any atom is 0.338 e. The molecule has 1 aliphatic rings. The normalized spacial score (nSPS) is 14.7. The summed E-state index contributed by atoms with van der Waals surface area (Å²) < 4.78 is 24.9. The van der Waals surface area contributed by atoms with Crippen LogP contribution < -0.4 is 29.1 Å². The van der Waals surface area contributed by atoms with E-state index in [2.05, 4.69) is 21.9 Å². The SMILES string of the molecule is C#CCOc1ccc(/C=c2/sc3n(c2=O)[C@@H](c2cc(Br)ccc2OC)C(C(=O)OCC)=C(CCC)N=3)cc1OC. The molecular formula is C30H29BrN2O6S. The maximum absolute atomic E-state index is 14.0. The molecule has 4 rings (SSSR count). The number of fused-ring (bicyclic) bond motifs is 1. The molecule has 0 N–H and O–H groups in total. The van der Waals surface area contributed by atoms with Gasteiger partial charge in [0.25, 0.3) is 5.56 Å². The summed E-state index contributed by atoms with van der Waals surface area (Å²) in [4.78, 5) is 32.7. The molecule has 0 saturated carbocycles. The first-order valence-electron chi connectivity index (χ1n) is 12.7. The van der Waals surface area contributed by atoms with Gasteiger partial charge in [-0.15, -0.1) is 6.42 Å². The average molecular weight is 626 g/mol. The van der Waals surface area contributed by atoms with Gasteiger partial charge in [-0.3, -0.25) is 9.36 Å². The lowest BCUT2D eigenvalue weighted by molar-refractivity contribution is -0.139. The molecule has 0 aliphatic carbocycles. The van der Waals surface area contributed by atoms with Crippen molar-refractivity contribution in [2.75, 3.05) is 27.4 Å². The van der Waals surface area contributed by atoms with Crippen LogP contribution in [0.25, 0.3) is 6.08 Å². The fraction of sp³-hybridized carbons (Fsp3) is 0.300. The molecule has 2 heterocycles. The smallest absolute Gasteiger partial charge is 0.338 e. The maximum atomic E-state index is 14.0. The molecule has 2 aromatic carbocycles. The van der Waals surface area contributed by atoms with Crippen molar-refractivity contribution in [1.82, 2.24) is 4.57 Å². The predicted molar refractivity (Wildman–Crippen MR) is 158 cm³/mol. The van der Waals surface area contributed by atoms with Gasteiger partial charge in [0.15, 0.2) is 16.3 Å². The van der Waals surface area contributed by atoms with Crippen LogP contribution >= 0.6 is 27.3 Å². The zero-order valence-electron chi connectivity index (χ0n) is 22.7. The Morgan fingerprint density at radius 1 is 1.15 bits per heavy atom. The fourth-order valence-electron chi connectivity index (χ4n) is 4.50. The number of allylic oxidation sites excluding steroid dienone is 1. The van der Waals surface area contributed by atoms with Gasteiger partial charge in [-0.2, -0.15) is 0 Å². The molecule has 0 spiro atoms. The molecule has 1 aromatic heterocycles. The first-order chi connectivity index (χ1) is 19.4. The van der Waals surface area contributed by atoms with Crippen molar-refractivity contribution in [3.63, 3.8) is 0 Å². The number of aromatic nitrogens is 1. The molecular weight excluding hydrogens is 596 g/mol. The zero-order valence-corrected chi connectivity index (χ0v) is 25.1. The minimum Gasteiger partial charge on any atom is -0.496 e. The molecule has 8 nitrogen and oxygen atoms in total. The number of hydrogen-bond acceptors (Lipinski definition) is 8. The molecule has 0 unspecified atom stereocenters. The quantitative estimate of drug-likeness (QED) is 0.246. The Morgan fingerprint density at radius 2 is 1.90 bits per heavy atom. The van der Waals surface area contributed by atoms with Crippen LogP contribution in [-0.4, -0.2) is 38.0 Å². The molecule has 0 amide bonds. The van der Waals surface area contributed by atoms with E-state index >= 15 is 0 Å². The van der Waals surface area contributed by atoms with Gasteiger partial charge in [-0.05, 0) is 55.3 Å². The number of benzene rings is 2. The van der Waals surface area contributed by atoms with Crippen LogP contribution in [0.3, 0.4) is 0 Å². The second-order valence-electron chi connectivity index (χ2n) is 8.70. The molecule has 0 saturated heterocycles. The van der Waals surface area contributed by atoms with E-state index < -0.39 is 12.0 Å². The summed E-state index contributed by atoms with van der Waals surface area (Å²) in [5.41, 5.74) is 2.01. The highest BCUT2D eigenvalue weighted by Crippen LogP contribution is 2.38. The number of thiazole rings is 1. The first-order valence-corrected chi connectivity index (χ1v) is 14.3. The van der Waals surface area contributed by atoms with Crippen LogP contribution in [0.15, 0.2) is 61.9 Å². The topological polar surface area (TPSA) is 88.4 Å². The van der Waals surface area contributed by atoms with Gasteiger partial charge in [0, 0.05) is 10.0 Å². The van der Waals surface area contributed by atoms with E-state index in [-0.39, 0.29) is 18.8 Å². The Hall–Kier alpha value is -3.81. The summed E-state index contributed by atoms with van der Waals surface area (Å²) in [5, 5.41) is 0. The monoisotopic (exact) mass is 624 g/mol. The Labute approximate surface area is 244 Å². The number of hydrogen-bond donors (Lipinski definition) is 0. The third-order valence-electron chi connectivity index (χ3n) is 6.17. The predicted octanol–water partition coefficient (Wildman–Crippen LogP) is 4.37. The largest absolute Gasteiger partial charge is 0.496 e. The summed E-state index contributed by atoms with van der Waals surface area (Å²) in [7, 11) is 3.09. The average Bonchev–Trinajstić information content (AvgIpc) is 3.25. The summed E-state index contributed by atoms with van der Waals surface area (Å²) in [6.07, 6.45) is 8.37. The Bertz CT molecular complexity index is 1680. The molecule has 0 fully saturated rings. The Balaban J connectivity index is 1.97. The summed E-state index contributed by atoms with van der Waals surface area (Å²) >= 11 is 4.79. The highest BCUT2D eigenvalue weighted by Gasteiger charge is 2.36. The molecule has 0 bridgehead atoms. The highest BCUT2D eigenvalue weighted by molar-refractivity contribution is 9.10. The Kier molecular flexibility index (Phi) is 9.50. The number of esters is 1. The van der Waals surface area contributed by atoms with Crippen molar-refractivity contribution in [3.05, 3.63) is 83.0 Å². The van der Waals surface area contributed by atoms with Crippen LogP contribution in [0.5, 0.6) is 17.2 Å². The number of halogens is 1. The van der Waals surface area contributed by atoms with Crippen molar-refractivity contribution in [3.8, 4) is 29.6 Å². The highest BCUT2D eigenvalue weighted by atomic mass is 79.9. The van der Waals surface area contributed by atoms with Gasteiger partial charge in [0.2, 0.25) is 0 Å². The second-order valence-corrected chi connectivity index (χ2v) is 10.6. The number of carbonyl (C=O) groups excluding carboxylic acids is 1. The number of rotatable bonds is 10. The van der Waals surface area contributed by atoms with Crippen molar-refractivity contribution in [1.29, 1.82) is 0 Å². The van der Waals surface area contributed by atoms with E-state index in [1.54, 1.807) is 42.9 Å². The van der Waals surface area contributed by atoms with Crippen LogP contribution in [0.2, 0.25) is 0 Å². The Morgan fingerprint density at radius 3 is 2.58 bits per heavy atom. The summed E-state index contributed by atoms with van der Waals surface area (Å²) in [6.45, 7) is 4.06. The van der Waals surface area contributed by atoms with Crippen molar-refractivity contribution in [2.45, 2.75) is 32.7 Å². The van der Waals surface area contributed by atoms with Crippen molar-refractivity contribution in [2.24, 2.45) is 4.99 Å². The standard InChI is InChI=1S/C30H29BrN2O6S/c1-6-9-21-26(29(35)38-8-3)27(20-17-19(31)11-13-22(20)36-4)33-28(34)25(40-30(33)32-21)16-18-10-12-23(39-14-7-2)24(15-18)37-5/h2,10-13,15-17,27H,6,8-9,14H2,1,3-5H3/b25-16+/t27-/m0/s1. The van der Waals surface area contributed by atoms with Crippen LogP contribution in [0, 0.1) is 12.3 Å². The number of terminal acetylenes is 1. The number of methoxy groups -OCH3 is 2. The third-order valence-corrected chi connectivity index (χ3v) is 7.65. The molecule has 1 aliphatic heterocycles. The fourth-order valence-corrected chi connectivity index (χ4v) is 5.90. The number of carbonyl (C=O) groups is 1. The molecule has 0 radical (unpaired) electrons. The van der Waals surface area contributed by atoms with Gasteiger partial charge < -0.3 is 18.9 Å². The van der Waals surface area contributed by atoms with E-state index in [0.717, 1.165) is 16.5 Å². The van der Waals surface area contributed by atoms with Crippen LogP contribution in [0.4, 0.5) is 0 Å². The molecule has 1 atom stereocenters. The lowest BCUT2D eigenvalue weighted by Crippen LogP contribution is -2.40. The molecule has 40 heavy (non-hydrogen) atoms. The van der Waals surface area contributed by atoms with E-state index in [1.165, 1.54) is 18.4 Å². The summed E-state index contributed by atoms with van der Waals surface area (Å²) in [5.74, 6) is 3.45. The van der Waals surface area contributed by atoms with Gasteiger partial charge in [-0.1, -0.05) is 52.6 Å². The van der Waals surface area contributed by atoms with Gasteiger partial charge >= 0.3 is 5.97 Å². The van der Waals surface area contributed by atoms with Gasteiger partial charge in [0.1, 0.15) is 18.4 Å². The van der Waals surface area contributed by atoms with Gasteiger partial charge in [0.05, 0.1) is 36.6 Å². The second kappa shape index (κ2) is 13.0. The third kappa shape index (κ3) is 5.86. The summed E-state index contributed by atoms with van der Waals surface area (Å²) in [6, 6.07) is 10.0. The minimum absolute atomic E-state index is 0.107. The lowest BCUT2D eigenvalue weighted by Gasteiger charge is -2.27. The first kappa shape index (κ1) is 29.2. The zero-order chi connectivity index (χ0) is 28.8. The molecule has 208 valence electrons.